The largest absolute Gasteiger partial charge is 0.368 e. The van der Waals surface area contributed by atoms with Crippen LogP contribution in [0.2, 0.25) is 0 Å². The van der Waals surface area contributed by atoms with Crippen molar-refractivity contribution >= 4 is 39.1 Å². The van der Waals surface area contributed by atoms with Gasteiger partial charge in [-0.15, -0.1) is 0 Å². The molecule has 9 heteroatoms. The fourth-order valence-corrected chi connectivity index (χ4v) is 3.17. The second-order valence-electron chi connectivity index (χ2n) is 5.46. The van der Waals surface area contributed by atoms with Crippen LogP contribution in [0.25, 0.3) is 0 Å². The number of para-hydroxylation sites is 1. The van der Waals surface area contributed by atoms with Gasteiger partial charge in [-0.3, -0.25) is 19.7 Å². The highest BCUT2D eigenvalue weighted by Crippen LogP contribution is 2.35. The summed E-state index contributed by atoms with van der Waals surface area (Å²) in [6.45, 7) is -0.147. The van der Waals surface area contributed by atoms with Crippen LogP contribution in [-0.4, -0.2) is 23.3 Å². The number of halogens is 1. The summed E-state index contributed by atoms with van der Waals surface area (Å²) < 4.78 is 0.324. The molecule has 2 amide bonds. The topological polar surface area (TPSA) is 119 Å². The molecule has 1 aliphatic heterocycles. The van der Waals surface area contributed by atoms with Crippen molar-refractivity contribution in [3.8, 4) is 0 Å². The lowest BCUT2D eigenvalue weighted by Crippen LogP contribution is -2.49. The van der Waals surface area contributed by atoms with Gasteiger partial charge in [0, 0.05) is 11.6 Å². The molecule has 0 unspecified atom stereocenters. The number of benzene rings is 2. The first-order chi connectivity index (χ1) is 11.9. The van der Waals surface area contributed by atoms with Gasteiger partial charge in [0.25, 0.3) is 11.6 Å². The summed E-state index contributed by atoms with van der Waals surface area (Å²) in [4.78, 5) is 36.2. The molecule has 0 fully saturated rings. The van der Waals surface area contributed by atoms with E-state index in [-0.39, 0.29) is 18.1 Å². The Hall–Kier alpha value is -2.94. The number of fused-ring (bicyclic) bond motifs is 1. The highest BCUT2D eigenvalue weighted by Gasteiger charge is 2.33. The number of nitro benzene ring substituents is 1. The van der Waals surface area contributed by atoms with Gasteiger partial charge >= 0.3 is 0 Å². The van der Waals surface area contributed by atoms with Crippen molar-refractivity contribution in [2.75, 3.05) is 11.4 Å². The Balaban J connectivity index is 2.11. The van der Waals surface area contributed by atoms with Crippen LogP contribution in [0.3, 0.4) is 0 Å². The number of hydrogen-bond donors (Lipinski definition) is 2. The van der Waals surface area contributed by atoms with Crippen LogP contribution in [-0.2, 0) is 4.79 Å². The number of primary amides is 1. The van der Waals surface area contributed by atoms with Crippen molar-refractivity contribution in [2.24, 2.45) is 5.73 Å². The number of nitrogens with zero attached hydrogens (tertiary/aromatic N) is 2. The smallest absolute Gasteiger partial charge is 0.283 e. The number of nitro groups is 1. The van der Waals surface area contributed by atoms with Gasteiger partial charge in [-0.25, -0.2) is 0 Å². The molecule has 25 heavy (non-hydrogen) atoms. The molecule has 0 aromatic heterocycles. The van der Waals surface area contributed by atoms with Crippen molar-refractivity contribution in [1.82, 2.24) is 5.32 Å². The first kappa shape index (κ1) is 16.9. The summed E-state index contributed by atoms with van der Waals surface area (Å²) in [7, 11) is 0. The van der Waals surface area contributed by atoms with Crippen LogP contribution in [0.5, 0.6) is 0 Å². The quantitative estimate of drug-likeness (QED) is 0.597. The molecule has 128 valence electrons. The molecule has 2 aromatic carbocycles. The average Bonchev–Trinajstić information content (AvgIpc) is 2.57. The SMILES string of the molecule is NC(=O)CN1c2ccccc2C(=O)N[C@H]1c1ccc(Br)c([N+](=O)[O-])c1. The molecule has 0 bridgehead atoms. The Morgan fingerprint density at radius 1 is 1.32 bits per heavy atom. The molecule has 3 rings (SSSR count). The van der Waals surface area contributed by atoms with Crippen LogP contribution in [0.4, 0.5) is 11.4 Å². The van der Waals surface area contributed by atoms with Crippen molar-refractivity contribution in [2.45, 2.75) is 6.17 Å². The molecule has 1 heterocycles. The Morgan fingerprint density at radius 3 is 2.72 bits per heavy atom. The summed E-state index contributed by atoms with van der Waals surface area (Å²) in [5, 5.41) is 14.0. The van der Waals surface area contributed by atoms with E-state index in [2.05, 4.69) is 21.2 Å². The number of carbonyl (C=O) groups is 2. The van der Waals surface area contributed by atoms with E-state index in [4.69, 9.17) is 5.73 Å². The maximum Gasteiger partial charge on any atom is 0.283 e. The van der Waals surface area contributed by atoms with Crippen molar-refractivity contribution in [3.63, 3.8) is 0 Å². The van der Waals surface area contributed by atoms with E-state index >= 15 is 0 Å². The molecule has 0 spiro atoms. The van der Waals surface area contributed by atoms with Gasteiger partial charge in [-0.1, -0.05) is 18.2 Å². The third-order valence-corrected chi connectivity index (χ3v) is 4.52. The molecule has 8 nitrogen and oxygen atoms in total. The van der Waals surface area contributed by atoms with E-state index in [0.29, 0.717) is 21.3 Å². The highest BCUT2D eigenvalue weighted by atomic mass is 79.9. The van der Waals surface area contributed by atoms with E-state index in [1.54, 1.807) is 35.2 Å². The summed E-state index contributed by atoms with van der Waals surface area (Å²) in [5.41, 5.74) is 6.64. The molecule has 0 saturated carbocycles. The second-order valence-corrected chi connectivity index (χ2v) is 6.31. The molecule has 1 aliphatic rings. The Kier molecular flexibility index (Phi) is 4.41. The number of anilines is 1. The number of nitrogens with two attached hydrogens (primary N) is 1. The van der Waals surface area contributed by atoms with Crippen LogP contribution >= 0.6 is 15.9 Å². The highest BCUT2D eigenvalue weighted by molar-refractivity contribution is 9.10. The van der Waals surface area contributed by atoms with Crippen molar-refractivity contribution in [1.29, 1.82) is 0 Å². The molecule has 0 radical (unpaired) electrons. The van der Waals surface area contributed by atoms with Gasteiger partial charge < -0.3 is 16.0 Å². The van der Waals surface area contributed by atoms with Gasteiger partial charge in [0.1, 0.15) is 6.17 Å². The first-order valence-corrected chi connectivity index (χ1v) is 8.06. The third-order valence-electron chi connectivity index (χ3n) is 3.85. The zero-order chi connectivity index (χ0) is 18.1. The lowest BCUT2D eigenvalue weighted by atomic mass is 10.0. The van der Waals surface area contributed by atoms with E-state index in [1.807, 2.05) is 0 Å². The number of rotatable bonds is 4. The maximum atomic E-state index is 12.4. The van der Waals surface area contributed by atoms with Gasteiger partial charge in [0.05, 0.1) is 27.2 Å². The first-order valence-electron chi connectivity index (χ1n) is 7.27. The summed E-state index contributed by atoms with van der Waals surface area (Å²) in [6.07, 6.45) is -0.748. The van der Waals surface area contributed by atoms with Crippen LogP contribution in [0, 0.1) is 10.1 Å². The molecule has 3 N–H and O–H groups in total. The molecular weight excluding hydrogens is 392 g/mol. The van der Waals surface area contributed by atoms with E-state index < -0.39 is 17.0 Å². The van der Waals surface area contributed by atoms with Crippen molar-refractivity contribution in [3.05, 3.63) is 68.2 Å². The molecule has 1 atom stereocenters. The molecule has 0 saturated heterocycles. The predicted octanol–water partition coefficient (Wildman–Crippen LogP) is 2.09. The van der Waals surface area contributed by atoms with Crippen LogP contribution in [0.1, 0.15) is 22.1 Å². The van der Waals surface area contributed by atoms with E-state index in [9.17, 15) is 19.7 Å². The number of hydrogen-bond acceptors (Lipinski definition) is 5. The number of amides is 2. The summed E-state index contributed by atoms with van der Waals surface area (Å²) in [5.74, 6) is -0.908. The van der Waals surface area contributed by atoms with Crippen molar-refractivity contribution < 1.29 is 14.5 Å². The van der Waals surface area contributed by atoms with Gasteiger partial charge in [0.15, 0.2) is 0 Å². The second kappa shape index (κ2) is 6.52. The molecule has 0 aliphatic carbocycles. The van der Waals surface area contributed by atoms with Crippen LogP contribution < -0.4 is 16.0 Å². The fourth-order valence-electron chi connectivity index (χ4n) is 2.78. The minimum Gasteiger partial charge on any atom is -0.368 e. The minimum atomic E-state index is -0.748. The lowest BCUT2D eigenvalue weighted by Gasteiger charge is -2.38. The fraction of sp³-hybridized carbons (Fsp3) is 0.125. The average molecular weight is 405 g/mol. The minimum absolute atomic E-state index is 0.135. The van der Waals surface area contributed by atoms with E-state index in [0.717, 1.165) is 0 Å². The Bertz CT molecular complexity index is 886. The third kappa shape index (κ3) is 3.18. The summed E-state index contributed by atoms with van der Waals surface area (Å²) in [6, 6.07) is 11.3. The number of nitrogens with one attached hydrogen (secondary N) is 1. The molecular formula is C16H13BrN4O4. The predicted molar refractivity (Wildman–Crippen MR) is 94.0 cm³/mol. The zero-order valence-corrected chi connectivity index (χ0v) is 14.4. The molecule has 2 aromatic rings. The van der Waals surface area contributed by atoms with Gasteiger partial charge in [-0.05, 0) is 34.1 Å². The van der Waals surface area contributed by atoms with Gasteiger partial charge in [0.2, 0.25) is 5.91 Å². The monoisotopic (exact) mass is 404 g/mol. The Labute approximate surface area is 150 Å². The maximum absolute atomic E-state index is 12.4. The van der Waals surface area contributed by atoms with E-state index in [1.165, 1.54) is 12.1 Å². The normalized spacial score (nSPS) is 16.1. The summed E-state index contributed by atoms with van der Waals surface area (Å²) >= 11 is 3.13. The van der Waals surface area contributed by atoms with Crippen LogP contribution in [0.15, 0.2) is 46.9 Å². The Morgan fingerprint density at radius 2 is 2.04 bits per heavy atom. The lowest BCUT2D eigenvalue weighted by molar-refractivity contribution is -0.385. The van der Waals surface area contributed by atoms with Gasteiger partial charge in [-0.2, -0.15) is 0 Å². The zero-order valence-electron chi connectivity index (χ0n) is 12.8. The standard InChI is InChI=1S/C16H13BrN4O4/c17-11-6-5-9(7-13(11)21(24)25)15-19-16(23)10-3-1-2-4-12(10)20(15)8-14(18)22/h1-7,15H,8H2,(H2,18,22)(H,19,23)/t15-/m1/s1. The number of carbonyl (C=O) groups excluding carboxylic acids is 2.